The molecule has 1 aliphatic heterocycles. The number of anilines is 2. The van der Waals surface area contributed by atoms with Crippen molar-refractivity contribution in [3.63, 3.8) is 0 Å². The maximum atomic E-state index is 13.6. The molecule has 4 aromatic rings. The van der Waals surface area contributed by atoms with E-state index < -0.39 is 0 Å². The molecule has 10 heteroatoms. The number of benzene rings is 2. The van der Waals surface area contributed by atoms with Crippen LogP contribution < -0.4 is 15.8 Å². The van der Waals surface area contributed by atoms with Gasteiger partial charge in [0, 0.05) is 43.5 Å². The Morgan fingerprint density at radius 1 is 1.14 bits per heavy atom. The number of likely N-dealkylation sites (N-methyl/N-ethyl adjacent to an activating group) is 1. The Bertz CT molecular complexity index is 1510. The third-order valence-corrected chi connectivity index (χ3v) is 6.25. The van der Waals surface area contributed by atoms with E-state index in [0.29, 0.717) is 33.5 Å². The molecule has 3 heterocycles. The zero-order valence-corrected chi connectivity index (χ0v) is 19.4. The molecule has 1 N–H and O–H groups in total. The van der Waals surface area contributed by atoms with Crippen LogP contribution in [0.2, 0.25) is 0 Å². The van der Waals surface area contributed by atoms with Crippen LogP contribution in [0, 0.1) is 18.3 Å². The van der Waals surface area contributed by atoms with Crippen LogP contribution in [0.3, 0.4) is 0 Å². The van der Waals surface area contributed by atoms with Gasteiger partial charge in [0.1, 0.15) is 18.7 Å². The average molecular weight is 470 g/mol. The summed E-state index contributed by atoms with van der Waals surface area (Å²) in [5, 5.41) is 16.4. The van der Waals surface area contributed by atoms with E-state index in [9.17, 15) is 14.9 Å². The van der Waals surface area contributed by atoms with Crippen molar-refractivity contribution in [2.45, 2.75) is 6.92 Å². The monoisotopic (exact) mass is 469 g/mol. The molecule has 35 heavy (non-hydrogen) atoms. The van der Waals surface area contributed by atoms with Gasteiger partial charge in [-0.05, 0) is 43.8 Å². The van der Waals surface area contributed by atoms with Gasteiger partial charge in [-0.1, -0.05) is 11.2 Å². The van der Waals surface area contributed by atoms with Crippen LogP contribution >= 0.6 is 0 Å². The minimum atomic E-state index is -0.383. The summed E-state index contributed by atoms with van der Waals surface area (Å²) in [6, 6.07) is 12.4. The summed E-state index contributed by atoms with van der Waals surface area (Å²) in [5.74, 6) is -0.0896. The normalized spacial score (nSPS) is 14.1. The minimum Gasteiger partial charge on any atom is -0.369 e. The Hall–Kier alpha value is -4.49. The number of aryl methyl sites for hydroxylation is 1. The standard InChI is InChI=1S/C25H23N7O3/c1-16-3-4-17(24(33)28-22-5-10-35-29-22)12-21(16)32-15-27-23-18(14-26)11-19(13-20(23)25(32)34)31-8-6-30(2)7-9-31/h3-5,10-13,15H,6-9H2,1-2H3,(H,28,29,33). The second kappa shape index (κ2) is 9.04. The molecule has 0 spiro atoms. The van der Waals surface area contributed by atoms with E-state index in [1.807, 2.05) is 13.0 Å². The lowest BCUT2D eigenvalue weighted by molar-refractivity contribution is 0.102. The summed E-state index contributed by atoms with van der Waals surface area (Å²) in [5.41, 5.74) is 2.92. The van der Waals surface area contributed by atoms with Gasteiger partial charge in [-0.3, -0.25) is 14.2 Å². The van der Waals surface area contributed by atoms with E-state index in [1.54, 1.807) is 24.3 Å². The first-order chi connectivity index (χ1) is 16.9. The van der Waals surface area contributed by atoms with Crippen LogP contribution in [0.1, 0.15) is 21.5 Å². The van der Waals surface area contributed by atoms with E-state index >= 15 is 0 Å². The third kappa shape index (κ3) is 4.25. The lowest BCUT2D eigenvalue weighted by atomic mass is 10.1. The molecule has 0 radical (unpaired) electrons. The first-order valence-electron chi connectivity index (χ1n) is 11.2. The summed E-state index contributed by atoms with van der Waals surface area (Å²) >= 11 is 0. The highest BCUT2D eigenvalue weighted by Gasteiger charge is 2.19. The highest BCUT2D eigenvalue weighted by Crippen LogP contribution is 2.25. The zero-order chi connectivity index (χ0) is 24.5. The first-order valence-corrected chi connectivity index (χ1v) is 11.2. The Morgan fingerprint density at radius 2 is 1.94 bits per heavy atom. The Balaban J connectivity index is 1.58. The molecular weight excluding hydrogens is 446 g/mol. The van der Waals surface area contributed by atoms with E-state index in [0.717, 1.165) is 37.4 Å². The molecule has 1 amide bonds. The third-order valence-electron chi connectivity index (χ3n) is 6.25. The van der Waals surface area contributed by atoms with Crippen LogP contribution in [0.25, 0.3) is 16.6 Å². The highest BCUT2D eigenvalue weighted by atomic mass is 16.5. The Kier molecular flexibility index (Phi) is 5.76. The average Bonchev–Trinajstić information content (AvgIpc) is 3.38. The van der Waals surface area contributed by atoms with Crippen molar-refractivity contribution >= 4 is 28.3 Å². The number of carbonyl (C=O) groups excluding carboxylic acids is 1. The maximum absolute atomic E-state index is 13.6. The fourth-order valence-electron chi connectivity index (χ4n) is 4.20. The van der Waals surface area contributed by atoms with Crippen molar-refractivity contribution in [3.05, 3.63) is 76.0 Å². The van der Waals surface area contributed by atoms with E-state index in [4.69, 9.17) is 4.52 Å². The number of hydrogen-bond donors (Lipinski definition) is 1. The molecule has 10 nitrogen and oxygen atoms in total. The number of rotatable bonds is 4. The number of nitrogens with zero attached hydrogens (tertiary/aromatic N) is 6. The van der Waals surface area contributed by atoms with Crippen molar-refractivity contribution < 1.29 is 9.32 Å². The van der Waals surface area contributed by atoms with Gasteiger partial charge in [-0.25, -0.2) is 4.98 Å². The number of aromatic nitrogens is 3. The zero-order valence-electron chi connectivity index (χ0n) is 19.4. The van der Waals surface area contributed by atoms with Crippen molar-refractivity contribution in [1.29, 1.82) is 5.26 Å². The lowest BCUT2D eigenvalue weighted by Gasteiger charge is -2.34. The molecule has 1 fully saturated rings. The van der Waals surface area contributed by atoms with Gasteiger partial charge < -0.3 is 19.6 Å². The van der Waals surface area contributed by atoms with Crippen LogP contribution in [0.4, 0.5) is 11.5 Å². The predicted molar refractivity (Wildman–Crippen MR) is 131 cm³/mol. The molecule has 0 aliphatic carbocycles. The molecule has 0 unspecified atom stereocenters. The molecule has 0 saturated carbocycles. The Labute approximate surface area is 201 Å². The second-order valence-corrected chi connectivity index (χ2v) is 8.55. The molecule has 5 rings (SSSR count). The van der Waals surface area contributed by atoms with Crippen LogP contribution in [0.5, 0.6) is 0 Å². The summed E-state index contributed by atoms with van der Waals surface area (Å²) in [6.07, 6.45) is 2.77. The van der Waals surface area contributed by atoms with Gasteiger partial charge >= 0.3 is 0 Å². The van der Waals surface area contributed by atoms with Gasteiger partial charge in [-0.2, -0.15) is 5.26 Å². The fraction of sp³-hybridized carbons (Fsp3) is 0.240. The summed E-state index contributed by atoms with van der Waals surface area (Å²) < 4.78 is 6.17. The van der Waals surface area contributed by atoms with Crippen molar-refractivity contribution in [3.8, 4) is 11.8 Å². The summed E-state index contributed by atoms with van der Waals surface area (Å²) in [4.78, 5) is 35.2. The van der Waals surface area contributed by atoms with E-state index in [-0.39, 0.29) is 11.5 Å². The van der Waals surface area contributed by atoms with Crippen molar-refractivity contribution in [1.82, 2.24) is 19.6 Å². The molecule has 1 aliphatic rings. The van der Waals surface area contributed by atoms with Gasteiger partial charge in [0.15, 0.2) is 5.82 Å². The SMILES string of the molecule is Cc1ccc(C(=O)Nc2ccon2)cc1-n1cnc2c(C#N)cc(N3CCN(C)CC3)cc2c1=O. The smallest absolute Gasteiger partial charge is 0.265 e. The van der Waals surface area contributed by atoms with Gasteiger partial charge in [-0.15, -0.1) is 0 Å². The predicted octanol–water partition coefficient (Wildman–Crippen LogP) is 2.56. The number of hydrogen-bond acceptors (Lipinski definition) is 8. The molecule has 2 aromatic carbocycles. The van der Waals surface area contributed by atoms with Crippen LogP contribution in [-0.4, -0.2) is 58.7 Å². The van der Waals surface area contributed by atoms with Crippen LogP contribution in [0.15, 0.2) is 58.3 Å². The number of nitrogens with one attached hydrogen (secondary N) is 1. The summed E-state index contributed by atoms with van der Waals surface area (Å²) in [6.45, 7) is 5.28. The first kappa shape index (κ1) is 22.3. The van der Waals surface area contributed by atoms with Crippen LogP contribution in [-0.2, 0) is 0 Å². The number of fused-ring (bicyclic) bond motifs is 1. The Morgan fingerprint density at radius 3 is 2.66 bits per heavy atom. The van der Waals surface area contributed by atoms with E-state index in [2.05, 4.69) is 38.4 Å². The lowest BCUT2D eigenvalue weighted by Crippen LogP contribution is -2.44. The van der Waals surface area contributed by atoms with Gasteiger partial charge in [0.05, 0.1) is 22.2 Å². The van der Waals surface area contributed by atoms with Crippen molar-refractivity contribution in [2.75, 3.05) is 43.4 Å². The minimum absolute atomic E-state index is 0.294. The number of carbonyl (C=O) groups is 1. The van der Waals surface area contributed by atoms with Crippen molar-refractivity contribution in [2.24, 2.45) is 0 Å². The van der Waals surface area contributed by atoms with Gasteiger partial charge in [0.25, 0.3) is 11.5 Å². The fourth-order valence-corrected chi connectivity index (χ4v) is 4.20. The second-order valence-electron chi connectivity index (χ2n) is 8.55. The van der Waals surface area contributed by atoms with Gasteiger partial charge in [0.2, 0.25) is 0 Å². The molecule has 1 saturated heterocycles. The summed E-state index contributed by atoms with van der Waals surface area (Å²) in [7, 11) is 2.07. The molecule has 2 aromatic heterocycles. The topological polar surface area (TPSA) is 120 Å². The number of piperazine rings is 1. The molecular formula is C25H23N7O3. The quantitative estimate of drug-likeness (QED) is 0.484. The molecule has 176 valence electrons. The number of amides is 1. The van der Waals surface area contributed by atoms with E-state index in [1.165, 1.54) is 23.2 Å². The largest absolute Gasteiger partial charge is 0.369 e. The maximum Gasteiger partial charge on any atom is 0.265 e. The highest BCUT2D eigenvalue weighted by molar-refractivity contribution is 6.04. The number of nitriles is 1. The molecule has 0 bridgehead atoms. The molecule has 0 atom stereocenters.